The second-order valence-electron chi connectivity index (χ2n) is 6.07. The third-order valence-corrected chi connectivity index (χ3v) is 4.59. The van der Waals surface area contributed by atoms with E-state index in [2.05, 4.69) is 4.98 Å². The van der Waals surface area contributed by atoms with Crippen molar-refractivity contribution in [2.75, 3.05) is 7.11 Å². The smallest absolute Gasteiger partial charge is 0.271 e. The van der Waals surface area contributed by atoms with Gasteiger partial charge in [-0.2, -0.15) is 0 Å². The highest BCUT2D eigenvalue weighted by Gasteiger charge is 2.18. The first-order valence-electron chi connectivity index (χ1n) is 8.28. The average Bonchev–Trinajstić information content (AvgIpc) is 3.07. The molecule has 0 unspecified atom stereocenters. The van der Waals surface area contributed by atoms with Crippen LogP contribution in [0, 0.1) is 10.1 Å². The average molecular weight is 396 g/mol. The van der Waals surface area contributed by atoms with Crippen LogP contribution in [-0.2, 0) is 0 Å². The Hall–Kier alpha value is -3.58. The number of imidazole rings is 1. The van der Waals surface area contributed by atoms with Crippen LogP contribution >= 0.6 is 11.6 Å². The number of methoxy groups -OCH3 is 1. The molecule has 4 aromatic rings. The molecule has 1 aromatic heterocycles. The number of phenolic OH excluding ortho intramolecular Hbond substituents is 1. The van der Waals surface area contributed by atoms with Crippen molar-refractivity contribution in [3.8, 4) is 28.6 Å². The summed E-state index contributed by atoms with van der Waals surface area (Å²) >= 11 is 6.17. The van der Waals surface area contributed by atoms with Crippen LogP contribution in [0.25, 0.3) is 28.1 Å². The van der Waals surface area contributed by atoms with Gasteiger partial charge in [0.1, 0.15) is 5.82 Å². The molecule has 0 atom stereocenters. The number of fused-ring (bicyclic) bond motifs is 1. The Bertz CT molecular complexity index is 1220. The quantitative estimate of drug-likeness (QED) is 0.389. The summed E-state index contributed by atoms with van der Waals surface area (Å²) in [6, 6.07) is 16.5. The monoisotopic (exact) mass is 395 g/mol. The van der Waals surface area contributed by atoms with E-state index in [1.54, 1.807) is 41.0 Å². The Kier molecular flexibility index (Phi) is 4.37. The van der Waals surface area contributed by atoms with Gasteiger partial charge in [-0.1, -0.05) is 17.7 Å². The molecule has 0 bridgehead atoms. The molecular formula is C20H14ClN3O4. The number of halogens is 1. The maximum Gasteiger partial charge on any atom is 0.271 e. The highest BCUT2D eigenvalue weighted by atomic mass is 35.5. The lowest BCUT2D eigenvalue weighted by atomic mass is 10.2. The van der Waals surface area contributed by atoms with Gasteiger partial charge in [0.15, 0.2) is 11.5 Å². The maximum absolute atomic E-state index is 11.3. The molecule has 4 rings (SSSR count). The van der Waals surface area contributed by atoms with Gasteiger partial charge in [-0.25, -0.2) is 4.98 Å². The SMILES string of the molecule is COc1cc(-c2nc3ccc([N+](=O)[O-])cc3n2-c2cccc(Cl)c2)ccc1O. The van der Waals surface area contributed by atoms with Gasteiger partial charge in [-0.15, -0.1) is 0 Å². The number of aromatic hydroxyl groups is 1. The predicted molar refractivity (Wildman–Crippen MR) is 106 cm³/mol. The summed E-state index contributed by atoms with van der Waals surface area (Å²) in [6.45, 7) is 0. The molecule has 0 radical (unpaired) electrons. The Balaban J connectivity index is 2.05. The molecule has 0 saturated carbocycles. The van der Waals surface area contributed by atoms with Crippen LogP contribution in [0.2, 0.25) is 5.02 Å². The Morgan fingerprint density at radius 1 is 1.14 bits per heavy atom. The number of ether oxygens (including phenoxy) is 1. The molecule has 0 aliphatic carbocycles. The summed E-state index contributed by atoms with van der Waals surface area (Å²) < 4.78 is 6.99. The van der Waals surface area contributed by atoms with Crippen molar-refractivity contribution in [1.29, 1.82) is 0 Å². The summed E-state index contributed by atoms with van der Waals surface area (Å²) in [5.74, 6) is 0.844. The molecule has 0 amide bonds. The first-order chi connectivity index (χ1) is 13.5. The Morgan fingerprint density at radius 2 is 1.96 bits per heavy atom. The van der Waals surface area contributed by atoms with Gasteiger partial charge in [-0.05, 0) is 42.5 Å². The van der Waals surface area contributed by atoms with E-state index in [9.17, 15) is 15.2 Å². The number of nitrogens with zero attached hydrogens (tertiary/aromatic N) is 3. The Labute approximate surface area is 164 Å². The standard InChI is InChI=1S/C20H14ClN3O4/c1-28-19-9-12(5-8-18(19)25)20-22-16-7-6-15(24(26)27)11-17(16)23(20)14-4-2-3-13(21)10-14/h2-11,25H,1H3. The molecule has 1 heterocycles. The lowest BCUT2D eigenvalue weighted by Crippen LogP contribution is -1.98. The van der Waals surface area contributed by atoms with Crippen LogP contribution in [0.3, 0.4) is 0 Å². The van der Waals surface area contributed by atoms with Gasteiger partial charge in [0.2, 0.25) is 0 Å². The summed E-state index contributed by atoms with van der Waals surface area (Å²) in [5.41, 5.74) is 2.50. The molecule has 1 N–H and O–H groups in total. The lowest BCUT2D eigenvalue weighted by Gasteiger charge is -2.11. The van der Waals surface area contributed by atoms with E-state index in [0.29, 0.717) is 38.9 Å². The molecule has 7 nitrogen and oxygen atoms in total. The first-order valence-corrected chi connectivity index (χ1v) is 8.66. The molecule has 0 saturated heterocycles. The molecule has 0 spiro atoms. The fraction of sp³-hybridized carbons (Fsp3) is 0.0500. The summed E-state index contributed by atoms with van der Waals surface area (Å²) in [5, 5.41) is 21.7. The van der Waals surface area contributed by atoms with Crippen LogP contribution in [0.1, 0.15) is 0 Å². The van der Waals surface area contributed by atoms with Crippen molar-refractivity contribution in [3.05, 3.63) is 75.8 Å². The van der Waals surface area contributed by atoms with E-state index >= 15 is 0 Å². The van der Waals surface area contributed by atoms with E-state index in [4.69, 9.17) is 16.3 Å². The zero-order chi connectivity index (χ0) is 19.8. The minimum atomic E-state index is -0.446. The summed E-state index contributed by atoms with van der Waals surface area (Å²) in [4.78, 5) is 15.5. The number of phenols is 1. The summed E-state index contributed by atoms with van der Waals surface area (Å²) in [6.07, 6.45) is 0. The van der Waals surface area contributed by atoms with Crippen LogP contribution in [0.5, 0.6) is 11.5 Å². The minimum Gasteiger partial charge on any atom is -0.504 e. The number of benzene rings is 3. The molecule has 140 valence electrons. The topological polar surface area (TPSA) is 90.4 Å². The van der Waals surface area contributed by atoms with Gasteiger partial charge in [-0.3, -0.25) is 14.7 Å². The van der Waals surface area contributed by atoms with Crippen molar-refractivity contribution in [1.82, 2.24) is 9.55 Å². The van der Waals surface area contributed by atoms with Crippen molar-refractivity contribution in [3.63, 3.8) is 0 Å². The first kappa shape index (κ1) is 17.8. The second kappa shape index (κ2) is 6.86. The van der Waals surface area contributed by atoms with E-state index in [0.717, 1.165) is 0 Å². The van der Waals surface area contributed by atoms with Crippen molar-refractivity contribution in [2.45, 2.75) is 0 Å². The summed E-state index contributed by atoms with van der Waals surface area (Å²) in [7, 11) is 1.46. The molecule has 0 aliphatic heterocycles. The van der Waals surface area contributed by atoms with Gasteiger partial charge >= 0.3 is 0 Å². The van der Waals surface area contributed by atoms with Gasteiger partial charge in [0, 0.05) is 28.4 Å². The second-order valence-corrected chi connectivity index (χ2v) is 6.50. The fourth-order valence-electron chi connectivity index (χ4n) is 3.06. The molecular weight excluding hydrogens is 382 g/mol. The number of non-ortho nitro benzene ring substituents is 1. The van der Waals surface area contributed by atoms with Gasteiger partial charge < -0.3 is 9.84 Å². The van der Waals surface area contributed by atoms with Gasteiger partial charge in [0.05, 0.1) is 23.1 Å². The Morgan fingerprint density at radius 3 is 2.68 bits per heavy atom. The van der Waals surface area contributed by atoms with E-state index in [1.807, 2.05) is 6.07 Å². The van der Waals surface area contributed by atoms with E-state index in [-0.39, 0.29) is 11.4 Å². The van der Waals surface area contributed by atoms with Crippen molar-refractivity contribution < 1.29 is 14.8 Å². The van der Waals surface area contributed by atoms with Crippen molar-refractivity contribution in [2.24, 2.45) is 0 Å². The predicted octanol–water partition coefficient (Wildman–Crippen LogP) is 4.97. The zero-order valence-corrected chi connectivity index (χ0v) is 15.4. The van der Waals surface area contributed by atoms with Crippen LogP contribution in [-0.4, -0.2) is 26.7 Å². The van der Waals surface area contributed by atoms with Gasteiger partial charge in [0.25, 0.3) is 5.69 Å². The lowest BCUT2D eigenvalue weighted by molar-refractivity contribution is -0.384. The minimum absolute atomic E-state index is 0.00676. The fourth-order valence-corrected chi connectivity index (χ4v) is 3.25. The number of aromatic nitrogens is 2. The third-order valence-electron chi connectivity index (χ3n) is 4.35. The molecule has 0 aliphatic rings. The number of hydrogen-bond acceptors (Lipinski definition) is 5. The third kappa shape index (κ3) is 3.01. The maximum atomic E-state index is 11.3. The zero-order valence-electron chi connectivity index (χ0n) is 14.7. The molecule has 8 heteroatoms. The van der Waals surface area contributed by atoms with Crippen LogP contribution < -0.4 is 4.74 Å². The molecule has 3 aromatic carbocycles. The number of nitro groups is 1. The number of hydrogen-bond donors (Lipinski definition) is 1. The normalized spacial score (nSPS) is 10.9. The highest BCUT2D eigenvalue weighted by Crippen LogP contribution is 2.35. The van der Waals surface area contributed by atoms with Crippen LogP contribution in [0.15, 0.2) is 60.7 Å². The van der Waals surface area contributed by atoms with Crippen LogP contribution in [0.4, 0.5) is 5.69 Å². The highest BCUT2D eigenvalue weighted by molar-refractivity contribution is 6.30. The van der Waals surface area contributed by atoms with Crippen molar-refractivity contribution >= 4 is 28.3 Å². The molecule has 0 fully saturated rings. The largest absolute Gasteiger partial charge is 0.504 e. The van der Waals surface area contributed by atoms with E-state index in [1.165, 1.54) is 25.3 Å². The molecule has 28 heavy (non-hydrogen) atoms. The van der Waals surface area contributed by atoms with E-state index < -0.39 is 4.92 Å². The number of rotatable bonds is 4. The number of nitro benzene ring substituents is 1.